The van der Waals surface area contributed by atoms with E-state index in [9.17, 15) is 19.5 Å². The Morgan fingerprint density at radius 3 is 2.40 bits per heavy atom. The average molecular weight is 653 g/mol. The number of ether oxygens (including phenoxy) is 10. The number of hydrogen-bond acceptors (Lipinski definition) is 14. The first-order valence-corrected chi connectivity index (χ1v) is 14.6. The molecule has 6 rings (SSSR count). The van der Waals surface area contributed by atoms with Crippen molar-refractivity contribution in [2.24, 2.45) is 0 Å². The van der Waals surface area contributed by atoms with Crippen molar-refractivity contribution < 1.29 is 66.9 Å². The lowest BCUT2D eigenvalue weighted by atomic mass is 9.89. The summed E-state index contributed by atoms with van der Waals surface area (Å²) in [5, 5.41) is 11.9. The maximum atomic E-state index is 13.4. The van der Waals surface area contributed by atoms with E-state index in [0.29, 0.717) is 50.5 Å². The molecule has 14 heteroatoms. The minimum absolute atomic E-state index is 0.0602. The van der Waals surface area contributed by atoms with Crippen molar-refractivity contribution in [2.75, 3.05) is 27.6 Å². The first-order valence-electron chi connectivity index (χ1n) is 14.6. The number of carbonyl (C=O) groups excluding carboxylic acids is 3. The summed E-state index contributed by atoms with van der Waals surface area (Å²) < 4.78 is 56.3. The van der Waals surface area contributed by atoms with E-state index in [1.807, 2.05) is 0 Å². The minimum atomic E-state index is -1.51. The standard InChI is InChI=1S/C33H32O14/c1-6-9-40-33(37)47-30-29(45-16(3)34)27(35)15(2)44-32(30)46-28-19-12-23(39-5)22(38-4)11-18(19)25(26-20(28)13-41-31(26)36)17-7-8-21-24(10-17)43-14-42-21/h6-8,10-12,15,27,29-30,32,35H,1,9,13-14H2,2-5H3/t15-,27-,29+,30-,32?/m1/s1. The number of hydrogen-bond donors (Lipinski definition) is 1. The third kappa shape index (κ3) is 5.81. The molecule has 47 heavy (non-hydrogen) atoms. The van der Waals surface area contributed by atoms with Crippen molar-refractivity contribution in [3.8, 4) is 39.9 Å². The van der Waals surface area contributed by atoms with Crippen LogP contribution in [0.4, 0.5) is 4.79 Å². The number of fused-ring (bicyclic) bond motifs is 3. The van der Waals surface area contributed by atoms with E-state index >= 15 is 0 Å². The van der Waals surface area contributed by atoms with Gasteiger partial charge >= 0.3 is 18.1 Å². The Bertz CT molecular complexity index is 1750. The van der Waals surface area contributed by atoms with Crippen LogP contribution in [0, 0.1) is 0 Å². The van der Waals surface area contributed by atoms with Crippen molar-refractivity contribution in [3.05, 3.63) is 54.1 Å². The summed E-state index contributed by atoms with van der Waals surface area (Å²) in [6, 6.07) is 8.66. The van der Waals surface area contributed by atoms with Crippen LogP contribution in [-0.2, 0) is 35.1 Å². The van der Waals surface area contributed by atoms with Crippen LogP contribution in [0.15, 0.2) is 43.0 Å². The molecule has 5 atom stereocenters. The number of benzene rings is 3. The number of carbonyl (C=O) groups is 3. The summed E-state index contributed by atoms with van der Waals surface area (Å²) in [6.07, 6.45) is -6.56. The number of methoxy groups -OCH3 is 2. The molecule has 14 nitrogen and oxygen atoms in total. The molecule has 248 valence electrons. The van der Waals surface area contributed by atoms with Crippen molar-refractivity contribution >= 4 is 28.9 Å². The number of esters is 2. The van der Waals surface area contributed by atoms with Crippen molar-refractivity contribution in [2.45, 2.75) is 51.2 Å². The zero-order valence-electron chi connectivity index (χ0n) is 25.9. The summed E-state index contributed by atoms with van der Waals surface area (Å²) in [6.45, 7) is 5.91. The van der Waals surface area contributed by atoms with Gasteiger partial charge in [0.2, 0.25) is 19.2 Å². The molecule has 1 saturated heterocycles. The van der Waals surface area contributed by atoms with E-state index in [2.05, 4.69) is 6.58 Å². The normalized spacial score (nSPS) is 22.6. The average Bonchev–Trinajstić information content (AvgIpc) is 3.69. The van der Waals surface area contributed by atoms with Crippen LogP contribution >= 0.6 is 0 Å². The highest BCUT2D eigenvalue weighted by atomic mass is 16.8. The summed E-state index contributed by atoms with van der Waals surface area (Å²) in [7, 11) is 2.95. The molecule has 3 aliphatic heterocycles. The maximum absolute atomic E-state index is 13.4. The van der Waals surface area contributed by atoms with Gasteiger partial charge in [-0.1, -0.05) is 18.7 Å². The topological polar surface area (TPSA) is 164 Å². The lowest BCUT2D eigenvalue weighted by molar-refractivity contribution is -0.274. The summed E-state index contributed by atoms with van der Waals surface area (Å²) in [5.74, 6) is 0.548. The predicted molar refractivity (Wildman–Crippen MR) is 161 cm³/mol. The van der Waals surface area contributed by atoms with Crippen LogP contribution in [0.1, 0.15) is 29.8 Å². The molecule has 1 fully saturated rings. The van der Waals surface area contributed by atoms with Crippen LogP contribution in [0.2, 0.25) is 0 Å². The number of aliphatic hydroxyl groups excluding tert-OH is 1. The second kappa shape index (κ2) is 12.9. The molecule has 3 aliphatic rings. The van der Waals surface area contributed by atoms with Gasteiger partial charge < -0.3 is 52.5 Å². The van der Waals surface area contributed by atoms with Gasteiger partial charge in [0.15, 0.2) is 29.1 Å². The van der Waals surface area contributed by atoms with Gasteiger partial charge in [-0.15, -0.1) is 0 Å². The van der Waals surface area contributed by atoms with Gasteiger partial charge in [0.05, 0.1) is 25.9 Å². The van der Waals surface area contributed by atoms with E-state index < -0.39 is 48.8 Å². The fraction of sp³-hybridized carbons (Fsp3) is 0.364. The van der Waals surface area contributed by atoms with Gasteiger partial charge in [-0.3, -0.25) is 4.79 Å². The SMILES string of the molecule is C=CCOC(=O)O[C@H]1C(Oc2c3c(c(-c4ccc5c(c4)OCO5)c4cc(OC)c(OC)cc24)C(=O)OC3)O[C@H](C)[C@@H](O)[C@@H]1OC(C)=O. The van der Waals surface area contributed by atoms with Gasteiger partial charge in [0.25, 0.3) is 0 Å². The first-order chi connectivity index (χ1) is 22.6. The lowest BCUT2D eigenvalue weighted by Crippen LogP contribution is -2.61. The zero-order chi connectivity index (χ0) is 33.4. The molecular formula is C33H32O14. The third-order valence-corrected chi connectivity index (χ3v) is 7.92. The van der Waals surface area contributed by atoms with E-state index in [0.717, 1.165) is 6.92 Å². The molecule has 0 saturated carbocycles. The second-order valence-corrected chi connectivity index (χ2v) is 10.8. The fourth-order valence-corrected chi connectivity index (χ4v) is 5.81. The van der Waals surface area contributed by atoms with E-state index in [4.69, 9.17) is 47.4 Å². The Hall–Kier alpha value is -5.21. The first kappa shape index (κ1) is 31.8. The van der Waals surface area contributed by atoms with E-state index in [1.165, 1.54) is 27.2 Å². The zero-order valence-corrected chi connectivity index (χ0v) is 25.9. The van der Waals surface area contributed by atoms with Gasteiger partial charge in [0.1, 0.15) is 25.1 Å². The van der Waals surface area contributed by atoms with Crippen LogP contribution < -0.4 is 23.7 Å². The third-order valence-electron chi connectivity index (χ3n) is 7.92. The summed E-state index contributed by atoms with van der Waals surface area (Å²) >= 11 is 0. The van der Waals surface area contributed by atoms with Gasteiger partial charge in [-0.25, -0.2) is 9.59 Å². The van der Waals surface area contributed by atoms with Gasteiger partial charge in [0, 0.05) is 23.4 Å². The Morgan fingerprint density at radius 1 is 0.979 bits per heavy atom. The van der Waals surface area contributed by atoms with Gasteiger partial charge in [-0.2, -0.15) is 0 Å². The van der Waals surface area contributed by atoms with E-state index in [-0.39, 0.29) is 31.3 Å². The minimum Gasteiger partial charge on any atom is -0.493 e. The Morgan fingerprint density at radius 2 is 1.70 bits per heavy atom. The summed E-state index contributed by atoms with van der Waals surface area (Å²) in [5.41, 5.74) is 1.71. The van der Waals surface area contributed by atoms with Gasteiger partial charge in [-0.05, 0) is 42.1 Å². The summed E-state index contributed by atoms with van der Waals surface area (Å²) in [4.78, 5) is 38.1. The molecule has 1 N–H and O–H groups in total. The molecule has 3 aromatic carbocycles. The Kier molecular flexibility index (Phi) is 8.71. The smallest absolute Gasteiger partial charge is 0.493 e. The largest absolute Gasteiger partial charge is 0.509 e. The Balaban J connectivity index is 1.55. The lowest BCUT2D eigenvalue weighted by Gasteiger charge is -2.42. The molecule has 0 aromatic heterocycles. The molecule has 3 aromatic rings. The van der Waals surface area contributed by atoms with Crippen LogP contribution in [0.25, 0.3) is 21.9 Å². The van der Waals surface area contributed by atoms with Crippen molar-refractivity contribution in [1.82, 2.24) is 0 Å². The quantitative estimate of drug-likeness (QED) is 0.200. The highest BCUT2D eigenvalue weighted by Crippen LogP contribution is 2.50. The van der Waals surface area contributed by atoms with Crippen LogP contribution in [-0.4, -0.2) is 81.5 Å². The molecule has 0 spiro atoms. The molecule has 3 heterocycles. The number of rotatable bonds is 9. The molecule has 0 bridgehead atoms. The molecular weight excluding hydrogens is 620 g/mol. The molecule has 1 unspecified atom stereocenters. The van der Waals surface area contributed by atoms with Crippen molar-refractivity contribution in [1.29, 1.82) is 0 Å². The molecule has 0 radical (unpaired) electrons. The number of cyclic esters (lactones) is 1. The highest BCUT2D eigenvalue weighted by Gasteiger charge is 2.50. The highest BCUT2D eigenvalue weighted by molar-refractivity contribution is 6.14. The van der Waals surface area contributed by atoms with Crippen LogP contribution in [0.5, 0.6) is 28.7 Å². The molecule has 0 amide bonds. The van der Waals surface area contributed by atoms with Crippen molar-refractivity contribution in [3.63, 3.8) is 0 Å². The Labute approximate surface area is 268 Å². The monoisotopic (exact) mass is 652 g/mol. The fourth-order valence-electron chi connectivity index (χ4n) is 5.81. The predicted octanol–water partition coefficient (Wildman–Crippen LogP) is 4.05. The van der Waals surface area contributed by atoms with E-state index in [1.54, 1.807) is 30.3 Å². The maximum Gasteiger partial charge on any atom is 0.509 e. The van der Waals surface area contributed by atoms with Crippen LogP contribution in [0.3, 0.4) is 0 Å². The second-order valence-electron chi connectivity index (χ2n) is 10.8. The number of aliphatic hydroxyl groups is 1. The molecule has 0 aliphatic carbocycles.